The zero-order valence-corrected chi connectivity index (χ0v) is 19.2. The molecule has 0 aliphatic carbocycles. The van der Waals surface area contributed by atoms with Crippen LogP contribution in [0.2, 0.25) is 0 Å². The number of hydrogen-bond donors (Lipinski definition) is 6. The van der Waals surface area contributed by atoms with Crippen molar-refractivity contribution in [2.45, 2.75) is 13.8 Å². The Bertz CT molecular complexity index is 1540. The molecule has 0 aliphatic rings. The Kier molecular flexibility index (Phi) is 6.77. The molecule has 0 saturated carbocycles. The van der Waals surface area contributed by atoms with E-state index in [4.69, 9.17) is 0 Å². The molecule has 0 bridgehead atoms. The summed E-state index contributed by atoms with van der Waals surface area (Å²) in [6.45, 7) is 10.1. The van der Waals surface area contributed by atoms with Crippen LogP contribution in [0.25, 0.3) is 21.5 Å². The quantitative estimate of drug-likeness (QED) is 0.136. The Morgan fingerprint density at radius 2 is 1.14 bits per heavy atom. The van der Waals surface area contributed by atoms with Crippen molar-refractivity contribution in [3.05, 3.63) is 65.8 Å². The van der Waals surface area contributed by atoms with Gasteiger partial charge in [-0.1, -0.05) is 37.4 Å². The number of allylic oxidation sites excluding steroid dienone is 2. The van der Waals surface area contributed by atoms with Gasteiger partial charge in [0.25, 0.3) is 0 Å². The molecule has 11 nitrogen and oxygen atoms in total. The number of nitrogens with one attached hydrogen (secondary N) is 3. The first-order valence-electron chi connectivity index (χ1n) is 10.3. The number of carboxylic acid groups (broad SMARTS) is 3. The first-order valence-corrected chi connectivity index (χ1v) is 10.3. The van der Waals surface area contributed by atoms with Gasteiger partial charge in [-0.3, -0.25) is 25.5 Å². The highest BCUT2D eigenvalue weighted by Crippen LogP contribution is 2.46. The summed E-state index contributed by atoms with van der Waals surface area (Å²) in [7, 11) is 0. The third kappa shape index (κ3) is 4.57. The molecule has 0 saturated heterocycles. The first kappa shape index (κ1) is 25.4. The first-order chi connectivity index (χ1) is 16.8. The standard InChI is InChI=1S/C25H21N3O8/c1-10(2)21(29)16-13-8-6-5-7-12(13)9-14-15(16)17(22(30)11(3)4)19(27-24(33)34)20(28-25(35)36)18(14)26-23(31)32/h5-9,26-28H,1,3H2,2,4H3,(H,31,32)(H,33,34)(H,35,36). The van der Waals surface area contributed by atoms with Gasteiger partial charge >= 0.3 is 18.3 Å². The Morgan fingerprint density at radius 3 is 1.67 bits per heavy atom. The molecule has 0 radical (unpaired) electrons. The second-order valence-electron chi connectivity index (χ2n) is 7.90. The van der Waals surface area contributed by atoms with E-state index in [2.05, 4.69) is 18.5 Å². The van der Waals surface area contributed by atoms with E-state index in [1.165, 1.54) is 19.9 Å². The van der Waals surface area contributed by atoms with Gasteiger partial charge in [-0.05, 0) is 41.8 Å². The smallest absolute Gasteiger partial charge is 0.409 e. The van der Waals surface area contributed by atoms with E-state index in [9.17, 15) is 39.3 Å². The molecule has 36 heavy (non-hydrogen) atoms. The average molecular weight is 491 g/mol. The van der Waals surface area contributed by atoms with Gasteiger partial charge < -0.3 is 15.3 Å². The van der Waals surface area contributed by atoms with Crippen LogP contribution in [0, 0.1) is 0 Å². The molecule has 0 spiro atoms. The van der Waals surface area contributed by atoms with Crippen molar-refractivity contribution >= 4 is 68.5 Å². The number of carbonyl (C=O) groups excluding carboxylic acids is 2. The average Bonchev–Trinajstić information content (AvgIpc) is 2.78. The van der Waals surface area contributed by atoms with Crippen LogP contribution in [0.3, 0.4) is 0 Å². The van der Waals surface area contributed by atoms with E-state index in [0.717, 1.165) is 0 Å². The molecular weight excluding hydrogens is 470 g/mol. The normalized spacial score (nSPS) is 10.5. The fourth-order valence-electron chi connectivity index (χ4n) is 3.90. The van der Waals surface area contributed by atoms with E-state index >= 15 is 0 Å². The Morgan fingerprint density at radius 1 is 0.667 bits per heavy atom. The summed E-state index contributed by atoms with van der Waals surface area (Å²) >= 11 is 0. The van der Waals surface area contributed by atoms with Crippen molar-refractivity contribution in [3.8, 4) is 0 Å². The highest BCUT2D eigenvalue weighted by atomic mass is 16.4. The fourth-order valence-corrected chi connectivity index (χ4v) is 3.90. The highest BCUT2D eigenvalue weighted by molar-refractivity contribution is 6.34. The number of hydrogen-bond acceptors (Lipinski definition) is 5. The lowest BCUT2D eigenvalue weighted by atomic mass is 9.85. The molecular formula is C25H21N3O8. The van der Waals surface area contributed by atoms with Crippen LogP contribution in [0.15, 0.2) is 54.6 Å². The Labute approximate surface area is 203 Å². The van der Waals surface area contributed by atoms with Gasteiger partial charge in [-0.2, -0.15) is 0 Å². The van der Waals surface area contributed by atoms with Gasteiger partial charge in [-0.25, -0.2) is 14.4 Å². The predicted molar refractivity (Wildman–Crippen MR) is 135 cm³/mol. The van der Waals surface area contributed by atoms with Gasteiger partial charge in [0.2, 0.25) is 0 Å². The van der Waals surface area contributed by atoms with Gasteiger partial charge in [-0.15, -0.1) is 0 Å². The third-order valence-corrected chi connectivity index (χ3v) is 5.24. The molecule has 11 heteroatoms. The van der Waals surface area contributed by atoms with E-state index < -0.39 is 41.2 Å². The monoisotopic (exact) mass is 491 g/mol. The number of amides is 3. The molecule has 0 unspecified atom stereocenters. The molecule has 3 amide bonds. The molecule has 184 valence electrons. The second-order valence-corrected chi connectivity index (χ2v) is 7.90. The van der Waals surface area contributed by atoms with Crippen LogP contribution < -0.4 is 16.0 Å². The van der Waals surface area contributed by atoms with Crippen molar-refractivity contribution in [1.82, 2.24) is 0 Å². The maximum Gasteiger partial charge on any atom is 0.409 e. The molecule has 0 heterocycles. The maximum absolute atomic E-state index is 13.4. The number of fused-ring (bicyclic) bond motifs is 2. The minimum Gasteiger partial charge on any atom is -0.465 e. The van der Waals surface area contributed by atoms with Crippen LogP contribution in [-0.4, -0.2) is 45.2 Å². The topological polar surface area (TPSA) is 182 Å². The zero-order valence-electron chi connectivity index (χ0n) is 19.2. The summed E-state index contributed by atoms with van der Waals surface area (Å²) in [5.41, 5.74) is -1.88. The van der Waals surface area contributed by atoms with Crippen LogP contribution in [0.4, 0.5) is 31.4 Å². The largest absolute Gasteiger partial charge is 0.465 e. The highest BCUT2D eigenvalue weighted by Gasteiger charge is 2.31. The predicted octanol–water partition coefficient (Wildman–Crippen LogP) is 5.78. The zero-order chi connectivity index (χ0) is 26.9. The van der Waals surface area contributed by atoms with Crippen LogP contribution >= 0.6 is 0 Å². The molecule has 0 aliphatic heterocycles. The van der Waals surface area contributed by atoms with Crippen LogP contribution in [-0.2, 0) is 0 Å². The molecule has 3 aromatic rings. The van der Waals surface area contributed by atoms with Gasteiger partial charge in [0.1, 0.15) is 0 Å². The second kappa shape index (κ2) is 9.58. The van der Waals surface area contributed by atoms with Gasteiger partial charge in [0, 0.05) is 16.3 Å². The fraction of sp³-hybridized carbons (Fsp3) is 0.0800. The number of ketones is 2. The molecule has 0 fully saturated rings. The van der Waals surface area contributed by atoms with Crippen LogP contribution in [0.5, 0.6) is 0 Å². The number of carbonyl (C=O) groups is 5. The summed E-state index contributed by atoms with van der Waals surface area (Å²) in [5, 5.41) is 35.3. The lowest BCUT2D eigenvalue weighted by Crippen LogP contribution is -2.21. The van der Waals surface area contributed by atoms with E-state index in [-0.39, 0.29) is 38.7 Å². The lowest BCUT2D eigenvalue weighted by Gasteiger charge is -2.23. The summed E-state index contributed by atoms with van der Waals surface area (Å²) in [4.78, 5) is 61.9. The van der Waals surface area contributed by atoms with Crippen molar-refractivity contribution in [3.63, 3.8) is 0 Å². The number of benzene rings is 3. The maximum atomic E-state index is 13.4. The lowest BCUT2D eigenvalue weighted by molar-refractivity contribution is 0.103. The van der Waals surface area contributed by atoms with Crippen molar-refractivity contribution < 1.29 is 39.3 Å². The molecule has 6 N–H and O–H groups in total. The van der Waals surface area contributed by atoms with Gasteiger partial charge in [0.15, 0.2) is 11.6 Å². The molecule has 3 aromatic carbocycles. The number of rotatable bonds is 7. The summed E-state index contributed by atoms with van der Waals surface area (Å²) in [6, 6.07) is 8.04. The molecule has 3 rings (SSSR count). The van der Waals surface area contributed by atoms with Crippen molar-refractivity contribution in [2.24, 2.45) is 0 Å². The third-order valence-electron chi connectivity index (χ3n) is 5.24. The minimum atomic E-state index is -1.67. The van der Waals surface area contributed by atoms with Gasteiger partial charge in [0.05, 0.1) is 22.6 Å². The summed E-state index contributed by atoms with van der Waals surface area (Å²) < 4.78 is 0. The minimum absolute atomic E-state index is 0.0232. The SMILES string of the molecule is C=C(C)C(=O)c1c(NC(=O)O)c(NC(=O)O)c(NC(=O)O)c2cc3ccccc3c(C(=O)C(=C)C)c12. The van der Waals surface area contributed by atoms with E-state index in [0.29, 0.717) is 10.8 Å². The van der Waals surface area contributed by atoms with E-state index in [1.54, 1.807) is 24.3 Å². The Hall–Kier alpha value is -5.19. The number of Topliss-reactive ketones (excluding diaryl/α,β-unsaturated/α-hetero) is 2. The number of anilines is 3. The van der Waals surface area contributed by atoms with Crippen molar-refractivity contribution in [1.29, 1.82) is 0 Å². The summed E-state index contributed by atoms with van der Waals surface area (Å²) in [5.74, 6) is -1.39. The van der Waals surface area contributed by atoms with Crippen molar-refractivity contribution in [2.75, 3.05) is 16.0 Å². The Balaban J connectivity index is 2.82. The summed E-state index contributed by atoms with van der Waals surface area (Å²) in [6.07, 6.45) is -4.94. The molecule has 0 aromatic heterocycles. The van der Waals surface area contributed by atoms with E-state index in [1.807, 2.05) is 10.6 Å². The molecule has 0 atom stereocenters. The van der Waals surface area contributed by atoms with Crippen LogP contribution in [0.1, 0.15) is 34.6 Å².